The van der Waals surface area contributed by atoms with Crippen molar-refractivity contribution in [3.63, 3.8) is 0 Å². The number of carbonyl (C=O) groups is 2. The van der Waals surface area contributed by atoms with Crippen molar-refractivity contribution in [2.24, 2.45) is 0 Å². The Balaban J connectivity index is 1.70. The minimum Gasteiger partial charge on any atom is -0.507 e. The van der Waals surface area contributed by atoms with E-state index in [0.717, 1.165) is 10.5 Å². The average molecular weight is 490 g/mol. The van der Waals surface area contributed by atoms with E-state index in [0.29, 0.717) is 22.3 Å². The zero-order chi connectivity index (χ0) is 25.8. The van der Waals surface area contributed by atoms with E-state index >= 15 is 0 Å². The minimum absolute atomic E-state index is 0.0308. The van der Waals surface area contributed by atoms with Crippen LogP contribution in [0, 0.1) is 5.82 Å². The lowest BCUT2D eigenvalue weighted by Gasteiger charge is -2.23. The van der Waals surface area contributed by atoms with E-state index in [4.69, 9.17) is 9.15 Å². The summed E-state index contributed by atoms with van der Waals surface area (Å²) >= 11 is 0. The van der Waals surface area contributed by atoms with Crippen LogP contribution in [-0.4, -0.2) is 33.9 Å². The molecule has 2 N–H and O–H groups in total. The number of rotatable bonds is 4. The van der Waals surface area contributed by atoms with E-state index in [1.807, 2.05) is 20.8 Å². The van der Waals surface area contributed by atoms with Gasteiger partial charge in [-0.3, -0.25) is 14.5 Å². The maximum Gasteiger partial charge on any atom is 0.302 e. The molecule has 9 heteroatoms. The number of ether oxygens (including phenoxy) is 1. The smallest absolute Gasteiger partial charge is 0.302 e. The second-order valence-electron chi connectivity index (χ2n) is 9.57. The summed E-state index contributed by atoms with van der Waals surface area (Å²) in [5.41, 5.74) is 1.47. The fraction of sp³-hybridized carbons (Fsp3) is 0.222. The maximum atomic E-state index is 13.7. The van der Waals surface area contributed by atoms with Crippen LogP contribution in [0.5, 0.6) is 5.75 Å². The third kappa shape index (κ3) is 3.73. The quantitative estimate of drug-likeness (QED) is 0.231. The fourth-order valence-corrected chi connectivity index (χ4v) is 4.45. The van der Waals surface area contributed by atoms with Crippen molar-refractivity contribution in [1.29, 1.82) is 0 Å². The van der Waals surface area contributed by atoms with Crippen LogP contribution in [0.25, 0.3) is 16.8 Å². The van der Waals surface area contributed by atoms with Gasteiger partial charge in [0.1, 0.15) is 29.1 Å². The van der Waals surface area contributed by atoms with Gasteiger partial charge in [0, 0.05) is 11.1 Å². The standard InChI is InChI=1S/C27H24FN3O5/c1-27(2,3)16-12-14(7-10-19(16)35-4)23(32)21-22(20-6-5-11-36-20)31(25(34)24(21)33)26-29-17-9-8-15(28)13-18(17)30-26/h5-13,22,32H,1-4H3,(H,29,30)/b23-21+. The number of Topliss-reactive ketones (excluding diaryl/α,β-unsaturated/α-hetero) is 1. The molecule has 1 saturated heterocycles. The first-order valence-corrected chi connectivity index (χ1v) is 11.3. The molecule has 36 heavy (non-hydrogen) atoms. The highest BCUT2D eigenvalue weighted by Crippen LogP contribution is 2.43. The number of anilines is 1. The molecule has 3 heterocycles. The molecule has 184 valence electrons. The lowest BCUT2D eigenvalue weighted by Crippen LogP contribution is -2.30. The zero-order valence-electron chi connectivity index (χ0n) is 20.1. The normalized spacial score (nSPS) is 17.8. The molecule has 0 radical (unpaired) electrons. The molecular formula is C27H24FN3O5. The number of furan rings is 1. The fourth-order valence-electron chi connectivity index (χ4n) is 4.45. The summed E-state index contributed by atoms with van der Waals surface area (Å²) < 4.78 is 24.8. The predicted octanol–water partition coefficient (Wildman–Crippen LogP) is 5.23. The van der Waals surface area contributed by atoms with Gasteiger partial charge in [0.25, 0.3) is 5.78 Å². The number of nitrogens with zero attached hydrogens (tertiary/aromatic N) is 2. The molecule has 0 saturated carbocycles. The van der Waals surface area contributed by atoms with E-state index in [-0.39, 0.29) is 28.5 Å². The number of benzene rings is 2. The van der Waals surface area contributed by atoms with E-state index in [1.54, 1.807) is 37.4 Å². The first-order valence-electron chi connectivity index (χ1n) is 11.3. The number of ketones is 1. The van der Waals surface area contributed by atoms with Gasteiger partial charge in [0.2, 0.25) is 5.95 Å². The first-order chi connectivity index (χ1) is 17.1. The van der Waals surface area contributed by atoms with E-state index in [1.165, 1.54) is 24.5 Å². The number of carbonyl (C=O) groups excluding carboxylic acids is 2. The van der Waals surface area contributed by atoms with Gasteiger partial charge in [-0.1, -0.05) is 20.8 Å². The molecule has 1 aliphatic rings. The van der Waals surface area contributed by atoms with Crippen LogP contribution in [0.3, 0.4) is 0 Å². The van der Waals surface area contributed by atoms with E-state index in [9.17, 15) is 19.1 Å². The number of aliphatic hydroxyl groups excluding tert-OH is 1. The lowest BCUT2D eigenvalue weighted by molar-refractivity contribution is -0.132. The van der Waals surface area contributed by atoms with Gasteiger partial charge in [0.05, 0.1) is 30.0 Å². The van der Waals surface area contributed by atoms with Gasteiger partial charge >= 0.3 is 5.91 Å². The summed E-state index contributed by atoms with van der Waals surface area (Å²) in [6.07, 6.45) is 1.41. The molecule has 1 unspecified atom stereocenters. The van der Waals surface area contributed by atoms with Gasteiger partial charge in [-0.25, -0.2) is 9.37 Å². The summed E-state index contributed by atoms with van der Waals surface area (Å²) in [4.78, 5) is 35.0. The minimum atomic E-state index is -1.09. The van der Waals surface area contributed by atoms with Crippen molar-refractivity contribution >= 4 is 34.4 Å². The average Bonchev–Trinajstić information content (AvgIpc) is 3.56. The number of aliphatic hydroxyl groups is 1. The Kier molecular flexibility index (Phi) is 5.43. The van der Waals surface area contributed by atoms with Crippen LogP contribution >= 0.6 is 0 Å². The number of imidazole rings is 1. The third-order valence-corrected chi connectivity index (χ3v) is 6.20. The number of amides is 1. The van der Waals surface area contributed by atoms with Gasteiger partial charge < -0.3 is 19.2 Å². The highest BCUT2D eigenvalue weighted by Gasteiger charge is 2.49. The Morgan fingerprint density at radius 1 is 1.17 bits per heavy atom. The molecule has 4 aromatic rings. The molecule has 0 spiro atoms. The van der Waals surface area contributed by atoms with Gasteiger partial charge in [-0.15, -0.1) is 0 Å². The Morgan fingerprint density at radius 3 is 2.61 bits per heavy atom. The van der Waals surface area contributed by atoms with Crippen molar-refractivity contribution in [3.05, 3.63) is 83.1 Å². The summed E-state index contributed by atoms with van der Waals surface area (Å²) in [5.74, 6) is -1.70. The number of aromatic amines is 1. The number of halogens is 1. The number of H-pyrrole nitrogens is 1. The van der Waals surface area contributed by atoms with Crippen LogP contribution in [0.15, 0.2) is 64.8 Å². The summed E-state index contributed by atoms with van der Waals surface area (Å²) in [7, 11) is 1.56. The van der Waals surface area contributed by atoms with Crippen molar-refractivity contribution in [2.45, 2.75) is 32.2 Å². The van der Waals surface area contributed by atoms with Crippen LogP contribution < -0.4 is 9.64 Å². The van der Waals surface area contributed by atoms with E-state index < -0.39 is 23.5 Å². The second kappa shape index (κ2) is 8.37. The number of methoxy groups -OCH3 is 1. The maximum absolute atomic E-state index is 13.7. The number of hydrogen-bond donors (Lipinski definition) is 2. The van der Waals surface area contributed by atoms with Crippen molar-refractivity contribution in [2.75, 3.05) is 12.0 Å². The van der Waals surface area contributed by atoms with Crippen molar-refractivity contribution in [1.82, 2.24) is 9.97 Å². The Hall–Kier alpha value is -4.40. The molecule has 8 nitrogen and oxygen atoms in total. The van der Waals surface area contributed by atoms with Crippen LogP contribution in [0.1, 0.15) is 43.7 Å². The highest BCUT2D eigenvalue weighted by atomic mass is 19.1. The van der Waals surface area contributed by atoms with Gasteiger partial charge in [-0.2, -0.15) is 0 Å². The lowest BCUT2D eigenvalue weighted by atomic mass is 9.84. The second-order valence-corrected chi connectivity index (χ2v) is 9.57. The highest BCUT2D eigenvalue weighted by molar-refractivity contribution is 6.51. The zero-order valence-corrected chi connectivity index (χ0v) is 20.1. The number of hydrogen-bond acceptors (Lipinski definition) is 6. The van der Waals surface area contributed by atoms with Crippen LogP contribution in [-0.2, 0) is 15.0 Å². The van der Waals surface area contributed by atoms with E-state index in [2.05, 4.69) is 9.97 Å². The van der Waals surface area contributed by atoms with Crippen LogP contribution in [0.2, 0.25) is 0 Å². The van der Waals surface area contributed by atoms with Gasteiger partial charge in [0.15, 0.2) is 0 Å². The SMILES string of the molecule is COc1ccc(/C(O)=C2\C(=O)C(=O)N(c3nc4ccc(F)cc4[nH]3)C2c2ccco2)cc1C(C)(C)C. The van der Waals surface area contributed by atoms with Crippen molar-refractivity contribution < 1.29 is 28.2 Å². The molecule has 1 atom stereocenters. The predicted molar refractivity (Wildman–Crippen MR) is 131 cm³/mol. The molecule has 1 aliphatic heterocycles. The Bertz CT molecular complexity index is 1530. The molecule has 2 aromatic carbocycles. The molecule has 1 fully saturated rings. The number of nitrogens with one attached hydrogen (secondary N) is 1. The largest absolute Gasteiger partial charge is 0.507 e. The molecule has 2 aromatic heterocycles. The molecule has 1 amide bonds. The van der Waals surface area contributed by atoms with Crippen molar-refractivity contribution in [3.8, 4) is 5.75 Å². The number of fused-ring (bicyclic) bond motifs is 1. The molecule has 0 aliphatic carbocycles. The molecule has 0 bridgehead atoms. The summed E-state index contributed by atoms with van der Waals surface area (Å²) in [6, 6.07) is 11.2. The Morgan fingerprint density at radius 2 is 1.94 bits per heavy atom. The first kappa shape index (κ1) is 23.3. The van der Waals surface area contributed by atoms with Crippen LogP contribution in [0.4, 0.5) is 10.3 Å². The summed E-state index contributed by atoms with van der Waals surface area (Å²) in [6.45, 7) is 6.00. The Labute approximate surface area is 206 Å². The third-order valence-electron chi connectivity index (χ3n) is 6.20. The monoisotopic (exact) mass is 489 g/mol. The number of aromatic nitrogens is 2. The molecule has 5 rings (SSSR count). The summed E-state index contributed by atoms with van der Waals surface area (Å²) in [5, 5.41) is 11.4. The molecular weight excluding hydrogens is 465 g/mol. The topological polar surface area (TPSA) is 109 Å². The van der Waals surface area contributed by atoms with Gasteiger partial charge in [-0.05, 0) is 53.9 Å².